The summed E-state index contributed by atoms with van der Waals surface area (Å²) in [7, 11) is 1.41. The molecule has 2 atom stereocenters. The first kappa shape index (κ1) is 28.0. The Labute approximate surface area is 232 Å². The molecule has 216 valence electrons. The van der Waals surface area contributed by atoms with E-state index in [4.69, 9.17) is 14.2 Å². The van der Waals surface area contributed by atoms with Crippen LogP contribution in [0.1, 0.15) is 27.9 Å². The van der Waals surface area contributed by atoms with Crippen molar-refractivity contribution in [2.75, 3.05) is 31.7 Å². The molecule has 2 amide bonds. The van der Waals surface area contributed by atoms with Gasteiger partial charge in [-0.05, 0) is 48.0 Å². The van der Waals surface area contributed by atoms with Gasteiger partial charge >= 0.3 is 6.18 Å². The SMILES string of the molecule is COc1ccc2cc1OCC(=O)NCc1cc(F)cc(c1)O[C@@H]1CCN(c3cc(C(F)(F)F)ccn3)C[C@@H]1NC2=O. The van der Waals surface area contributed by atoms with E-state index in [1.54, 1.807) is 11.0 Å². The topological polar surface area (TPSA) is 102 Å². The molecular formula is C28H26F4N4O5. The summed E-state index contributed by atoms with van der Waals surface area (Å²) in [4.78, 5) is 31.5. The van der Waals surface area contributed by atoms with Gasteiger partial charge in [0, 0.05) is 43.9 Å². The lowest BCUT2D eigenvalue weighted by molar-refractivity contribution is -0.137. The fourth-order valence-electron chi connectivity index (χ4n) is 4.73. The number of benzene rings is 2. The highest BCUT2D eigenvalue weighted by Gasteiger charge is 2.35. The summed E-state index contributed by atoms with van der Waals surface area (Å²) < 4.78 is 71.5. The number of amides is 2. The van der Waals surface area contributed by atoms with E-state index in [-0.39, 0.29) is 55.5 Å². The summed E-state index contributed by atoms with van der Waals surface area (Å²) in [6, 6.07) is 9.59. The molecule has 2 aliphatic heterocycles. The number of pyridine rings is 1. The quantitative estimate of drug-likeness (QED) is 0.450. The molecule has 0 spiro atoms. The van der Waals surface area contributed by atoms with Crippen molar-refractivity contribution in [1.82, 2.24) is 15.6 Å². The van der Waals surface area contributed by atoms with Crippen LogP contribution in [0.4, 0.5) is 23.4 Å². The molecule has 13 heteroatoms. The molecule has 0 unspecified atom stereocenters. The molecule has 4 bridgehead atoms. The van der Waals surface area contributed by atoms with Gasteiger partial charge in [-0.1, -0.05) is 0 Å². The highest BCUT2D eigenvalue weighted by atomic mass is 19.4. The molecule has 3 heterocycles. The minimum atomic E-state index is -4.54. The Morgan fingerprint density at radius 3 is 2.71 bits per heavy atom. The fourth-order valence-corrected chi connectivity index (χ4v) is 4.73. The summed E-state index contributed by atoms with van der Waals surface area (Å²) in [6.45, 7) is -0.0381. The fraction of sp³-hybridized carbons (Fsp3) is 0.321. The lowest BCUT2D eigenvalue weighted by atomic mass is 10.0. The van der Waals surface area contributed by atoms with Gasteiger partial charge in [-0.3, -0.25) is 9.59 Å². The minimum Gasteiger partial charge on any atom is -0.493 e. The number of alkyl halides is 3. The number of hydrogen-bond donors (Lipinski definition) is 2. The number of methoxy groups -OCH3 is 1. The molecule has 41 heavy (non-hydrogen) atoms. The predicted molar refractivity (Wildman–Crippen MR) is 138 cm³/mol. The number of nitrogens with zero attached hydrogens (tertiary/aromatic N) is 2. The lowest BCUT2D eigenvalue weighted by Crippen LogP contribution is -2.57. The molecule has 3 aromatic rings. The van der Waals surface area contributed by atoms with E-state index in [1.807, 2.05) is 0 Å². The molecule has 2 aliphatic rings. The number of ether oxygens (including phenoxy) is 3. The zero-order valence-corrected chi connectivity index (χ0v) is 21.8. The predicted octanol–water partition coefficient (Wildman–Crippen LogP) is 3.71. The maximum Gasteiger partial charge on any atom is 0.416 e. The second-order valence-electron chi connectivity index (χ2n) is 9.60. The van der Waals surface area contributed by atoms with Crippen LogP contribution in [0.3, 0.4) is 0 Å². The van der Waals surface area contributed by atoms with Gasteiger partial charge in [-0.15, -0.1) is 0 Å². The summed E-state index contributed by atoms with van der Waals surface area (Å²) >= 11 is 0. The molecule has 1 saturated heterocycles. The zero-order chi connectivity index (χ0) is 29.1. The van der Waals surface area contributed by atoms with Crippen molar-refractivity contribution in [3.63, 3.8) is 0 Å². The van der Waals surface area contributed by atoms with Gasteiger partial charge < -0.3 is 29.7 Å². The highest BCUT2D eigenvalue weighted by molar-refractivity contribution is 5.95. The molecule has 0 aliphatic carbocycles. The number of piperidine rings is 1. The van der Waals surface area contributed by atoms with E-state index in [0.717, 1.165) is 18.3 Å². The number of aromatic nitrogens is 1. The number of hydrogen-bond acceptors (Lipinski definition) is 7. The molecular weight excluding hydrogens is 548 g/mol. The largest absolute Gasteiger partial charge is 0.493 e. The molecule has 5 rings (SSSR count). The first-order valence-corrected chi connectivity index (χ1v) is 12.7. The maximum absolute atomic E-state index is 14.5. The van der Waals surface area contributed by atoms with Crippen LogP contribution < -0.4 is 29.7 Å². The van der Waals surface area contributed by atoms with Crippen LogP contribution in [0.5, 0.6) is 17.2 Å². The van der Waals surface area contributed by atoms with Crippen molar-refractivity contribution in [1.29, 1.82) is 0 Å². The number of carbonyl (C=O) groups excluding carboxylic acids is 2. The van der Waals surface area contributed by atoms with Crippen LogP contribution in [0, 0.1) is 5.82 Å². The number of carbonyl (C=O) groups is 2. The van der Waals surface area contributed by atoms with Crippen LogP contribution in [0.2, 0.25) is 0 Å². The van der Waals surface area contributed by atoms with Gasteiger partial charge in [0.15, 0.2) is 18.1 Å². The summed E-state index contributed by atoms with van der Waals surface area (Å²) in [5.74, 6) is -0.854. The molecule has 0 saturated carbocycles. The first-order valence-electron chi connectivity index (χ1n) is 12.7. The third-order valence-corrected chi connectivity index (χ3v) is 6.76. The van der Waals surface area contributed by atoms with Crippen LogP contribution in [0.15, 0.2) is 54.7 Å². The Bertz CT molecular complexity index is 1450. The Hall–Kier alpha value is -4.55. The molecule has 1 aromatic heterocycles. The molecule has 1 fully saturated rings. The van der Waals surface area contributed by atoms with Crippen molar-refractivity contribution < 1.29 is 41.4 Å². The molecule has 0 radical (unpaired) electrons. The molecule has 9 nitrogen and oxygen atoms in total. The van der Waals surface area contributed by atoms with Gasteiger partial charge in [-0.25, -0.2) is 9.37 Å². The van der Waals surface area contributed by atoms with Crippen molar-refractivity contribution in [2.45, 2.75) is 31.3 Å². The Morgan fingerprint density at radius 2 is 1.93 bits per heavy atom. The summed E-state index contributed by atoms with van der Waals surface area (Å²) in [5, 5.41) is 5.55. The number of fused-ring (bicyclic) bond motifs is 5. The van der Waals surface area contributed by atoms with Crippen LogP contribution >= 0.6 is 0 Å². The second-order valence-corrected chi connectivity index (χ2v) is 9.60. The van der Waals surface area contributed by atoms with Crippen LogP contribution in [-0.4, -0.2) is 55.8 Å². The van der Waals surface area contributed by atoms with Crippen molar-refractivity contribution in [2.24, 2.45) is 0 Å². The summed E-state index contributed by atoms with van der Waals surface area (Å²) in [5.41, 5.74) is -0.214. The van der Waals surface area contributed by atoms with Gasteiger partial charge in [0.05, 0.1) is 18.7 Å². The van der Waals surface area contributed by atoms with E-state index in [0.29, 0.717) is 11.3 Å². The number of rotatable bonds is 2. The Kier molecular flexibility index (Phi) is 7.86. The normalized spacial score (nSPS) is 19.7. The van der Waals surface area contributed by atoms with E-state index in [1.165, 1.54) is 37.4 Å². The summed E-state index contributed by atoms with van der Waals surface area (Å²) in [6.07, 6.45) is -3.84. The third-order valence-electron chi connectivity index (χ3n) is 6.76. The Morgan fingerprint density at radius 1 is 1.10 bits per heavy atom. The number of nitrogens with one attached hydrogen (secondary N) is 2. The van der Waals surface area contributed by atoms with Gasteiger partial charge in [0.2, 0.25) is 0 Å². The van der Waals surface area contributed by atoms with Crippen LogP contribution in [0.25, 0.3) is 0 Å². The molecule has 2 N–H and O–H groups in total. The maximum atomic E-state index is 14.5. The van der Waals surface area contributed by atoms with E-state index in [9.17, 15) is 27.2 Å². The van der Waals surface area contributed by atoms with E-state index in [2.05, 4.69) is 15.6 Å². The van der Waals surface area contributed by atoms with Crippen LogP contribution in [-0.2, 0) is 17.5 Å². The minimum absolute atomic E-state index is 0.00725. The standard InChI is InChI=1S/C28H26F4N4O5/c1-39-23-3-2-17-10-24(23)40-15-26(37)34-13-16-8-19(29)12-20(9-16)41-22-5-7-36(14-21(22)35-27(17)38)25-11-18(4-6-33-25)28(30,31)32/h2-4,6,8-12,21-22H,5,7,13-15H2,1H3,(H,34,37)(H,35,38)/t21-,22+/m0/s1. The van der Waals surface area contributed by atoms with Crippen molar-refractivity contribution in [3.8, 4) is 17.2 Å². The first-order chi connectivity index (χ1) is 19.6. The third kappa shape index (κ3) is 6.61. The average Bonchev–Trinajstić information content (AvgIpc) is 2.94. The lowest BCUT2D eigenvalue weighted by Gasteiger charge is -2.39. The van der Waals surface area contributed by atoms with E-state index >= 15 is 0 Å². The smallest absolute Gasteiger partial charge is 0.416 e. The number of halogens is 4. The molecule has 2 aromatic carbocycles. The van der Waals surface area contributed by atoms with Gasteiger partial charge in [0.1, 0.15) is 23.5 Å². The van der Waals surface area contributed by atoms with Crippen molar-refractivity contribution in [3.05, 3.63) is 77.2 Å². The van der Waals surface area contributed by atoms with E-state index < -0.39 is 41.5 Å². The highest BCUT2D eigenvalue weighted by Crippen LogP contribution is 2.32. The zero-order valence-electron chi connectivity index (χ0n) is 21.8. The van der Waals surface area contributed by atoms with Gasteiger partial charge in [0.25, 0.3) is 11.8 Å². The Balaban J connectivity index is 1.48. The van der Waals surface area contributed by atoms with Gasteiger partial charge in [-0.2, -0.15) is 13.2 Å². The average molecular weight is 575 g/mol. The van der Waals surface area contributed by atoms with Crippen molar-refractivity contribution >= 4 is 17.6 Å². The number of anilines is 1. The monoisotopic (exact) mass is 574 g/mol. The second kappa shape index (κ2) is 11.5.